The predicted molar refractivity (Wildman–Crippen MR) is 64.4 cm³/mol. The molecule has 0 aromatic heterocycles. The van der Waals surface area contributed by atoms with E-state index < -0.39 is 0 Å². The largest absolute Gasteiger partial charge is 0.329 e. The number of hydrogen-bond donors (Lipinski definition) is 2. The fourth-order valence-electron chi connectivity index (χ4n) is 1.85. The van der Waals surface area contributed by atoms with E-state index in [1.54, 1.807) is 0 Å². The van der Waals surface area contributed by atoms with E-state index in [9.17, 15) is 0 Å². The van der Waals surface area contributed by atoms with Gasteiger partial charge in [-0.1, -0.05) is 6.92 Å². The lowest BCUT2D eigenvalue weighted by atomic mass is 9.93. The topological polar surface area (TPSA) is 38.0 Å². The molecular weight excluding hydrogens is 192 g/mol. The lowest BCUT2D eigenvalue weighted by Crippen LogP contribution is -2.55. The second kappa shape index (κ2) is 5.65. The van der Waals surface area contributed by atoms with Gasteiger partial charge in [0.15, 0.2) is 0 Å². The van der Waals surface area contributed by atoms with Gasteiger partial charge in [-0.15, -0.1) is 11.8 Å². The Balaban J connectivity index is 2.40. The summed E-state index contributed by atoms with van der Waals surface area (Å²) in [5.41, 5.74) is 6.03. The monoisotopic (exact) mass is 212 g/mol. The summed E-state index contributed by atoms with van der Waals surface area (Å²) in [5.74, 6) is 7.20. The van der Waals surface area contributed by atoms with E-state index in [4.69, 9.17) is 5.73 Å². The highest BCUT2D eigenvalue weighted by atomic mass is 32.2. The first-order chi connectivity index (χ1) is 6.75. The van der Waals surface area contributed by atoms with Crippen LogP contribution >= 0.6 is 11.8 Å². The van der Waals surface area contributed by atoms with E-state index in [2.05, 4.69) is 24.1 Å². The molecule has 0 aromatic carbocycles. The molecule has 3 heteroatoms. The van der Waals surface area contributed by atoms with Crippen molar-refractivity contribution in [3.8, 4) is 11.8 Å². The molecule has 2 atom stereocenters. The van der Waals surface area contributed by atoms with Gasteiger partial charge in [-0.05, 0) is 19.1 Å². The summed E-state index contributed by atoms with van der Waals surface area (Å²) < 4.78 is 0. The van der Waals surface area contributed by atoms with Gasteiger partial charge in [0, 0.05) is 30.3 Å². The maximum atomic E-state index is 5.86. The first-order valence-corrected chi connectivity index (χ1v) is 6.26. The highest BCUT2D eigenvalue weighted by Crippen LogP contribution is 2.34. The highest BCUT2D eigenvalue weighted by Gasteiger charge is 2.38. The molecule has 0 amide bonds. The summed E-state index contributed by atoms with van der Waals surface area (Å²) in [6, 6.07) is 0. The quantitative estimate of drug-likeness (QED) is 0.543. The van der Waals surface area contributed by atoms with Gasteiger partial charge >= 0.3 is 0 Å². The van der Waals surface area contributed by atoms with Crippen LogP contribution < -0.4 is 11.1 Å². The molecule has 1 aliphatic heterocycles. The van der Waals surface area contributed by atoms with E-state index in [1.807, 2.05) is 18.7 Å². The van der Waals surface area contributed by atoms with Crippen LogP contribution in [-0.2, 0) is 0 Å². The van der Waals surface area contributed by atoms with Crippen LogP contribution in [0, 0.1) is 11.8 Å². The van der Waals surface area contributed by atoms with Gasteiger partial charge in [0.05, 0.1) is 0 Å². The maximum absolute atomic E-state index is 5.86. The smallest absolute Gasteiger partial charge is 0.0429 e. The van der Waals surface area contributed by atoms with Crippen molar-refractivity contribution in [3.05, 3.63) is 0 Å². The van der Waals surface area contributed by atoms with Crippen molar-refractivity contribution >= 4 is 11.8 Å². The predicted octanol–water partition coefficient (Wildman–Crippen LogP) is 1.21. The molecule has 80 valence electrons. The summed E-state index contributed by atoms with van der Waals surface area (Å²) in [6.45, 7) is 5.85. The summed E-state index contributed by atoms with van der Waals surface area (Å²) in [4.78, 5) is 0. The first-order valence-electron chi connectivity index (χ1n) is 5.21. The summed E-state index contributed by atoms with van der Waals surface area (Å²) in [7, 11) is 0. The first kappa shape index (κ1) is 11.9. The van der Waals surface area contributed by atoms with Crippen molar-refractivity contribution in [1.82, 2.24) is 5.32 Å². The molecule has 3 N–H and O–H groups in total. The minimum Gasteiger partial charge on any atom is -0.329 e. The average molecular weight is 212 g/mol. The SMILES string of the molecule is CC#CCCNC1(CN)CCSC1C. The molecule has 1 heterocycles. The fourth-order valence-corrected chi connectivity index (χ4v) is 3.30. The zero-order chi connectivity index (χ0) is 10.4. The third kappa shape index (κ3) is 2.66. The summed E-state index contributed by atoms with van der Waals surface area (Å²) in [5, 5.41) is 4.21. The van der Waals surface area contributed by atoms with Crippen molar-refractivity contribution < 1.29 is 0 Å². The lowest BCUT2D eigenvalue weighted by Gasteiger charge is -2.32. The molecule has 0 bridgehead atoms. The Bertz CT molecular complexity index is 231. The Morgan fingerprint density at radius 2 is 2.43 bits per heavy atom. The van der Waals surface area contributed by atoms with Crippen molar-refractivity contribution in [2.24, 2.45) is 5.73 Å². The molecule has 2 nitrogen and oxygen atoms in total. The fraction of sp³-hybridized carbons (Fsp3) is 0.818. The van der Waals surface area contributed by atoms with E-state index >= 15 is 0 Å². The van der Waals surface area contributed by atoms with Crippen LogP contribution in [0.5, 0.6) is 0 Å². The Hall–Kier alpha value is -0.170. The molecule has 1 aliphatic rings. The third-order valence-electron chi connectivity index (χ3n) is 2.96. The second-order valence-corrected chi connectivity index (χ2v) is 5.18. The summed E-state index contributed by atoms with van der Waals surface area (Å²) >= 11 is 2.01. The zero-order valence-corrected chi connectivity index (χ0v) is 9.91. The van der Waals surface area contributed by atoms with Gasteiger partial charge < -0.3 is 11.1 Å². The Morgan fingerprint density at radius 3 is 2.93 bits per heavy atom. The van der Waals surface area contributed by atoms with Gasteiger partial charge in [-0.3, -0.25) is 0 Å². The molecule has 0 aromatic rings. The number of nitrogens with two attached hydrogens (primary N) is 1. The van der Waals surface area contributed by atoms with Crippen LogP contribution in [0.25, 0.3) is 0 Å². The molecule has 1 saturated heterocycles. The van der Waals surface area contributed by atoms with Gasteiger partial charge in [0.2, 0.25) is 0 Å². The zero-order valence-electron chi connectivity index (χ0n) is 9.10. The second-order valence-electron chi connectivity index (χ2n) is 3.73. The van der Waals surface area contributed by atoms with Crippen LogP contribution in [0.3, 0.4) is 0 Å². The summed E-state index contributed by atoms with van der Waals surface area (Å²) in [6.07, 6.45) is 2.12. The van der Waals surface area contributed by atoms with Crippen LogP contribution in [0.2, 0.25) is 0 Å². The van der Waals surface area contributed by atoms with Crippen LogP contribution in [-0.4, -0.2) is 29.6 Å². The van der Waals surface area contributed by atoms with Crippen molar-refractivity contribution in [2.45, 2.75) is 37.5 Å². The van der Waals surface area contributed by atoms with Crippen molar-refractivity contribution in [3.63, 3.8) is 0 Å². The van der Waals surface area contributed by atoms with Crippen molar-refractivity contribution in [2.75, 3.05) is 18.8 Å². The van der Waals surface area contributed by atoms with Gasteiger partial charge in [0.25, 0.3) is 0 Å². The number of rotatable bonds is 4. The molecule has 0 spiro atoms. The van der Waals surface area contributed by atoms with Gasteiger partial charge in [-0.25, -0.2) is 0 Å². The molecule has 2 unspecified atom stereocenters. The minimum atomic E-state index is 0.167. The van der Waals surface area contributed by atoms with Gasteiger partial charge in [-0.2, -0.15) is 11.8 Å². The molecule has 0 aliphatic carbocycles. The van der Waals surface area contributed by atoms with Crippen LogP contribution in [0.4, 0.5) is 0 Å². The van der Waals surface area contributed by atoms with E-state index in [0.717, 1.165) is 19.5 Å². The Morgan fingerprint density at radius 1 is 1.64 bits per heavy atom. The molecule has 0 saturated carbocycles. The number of nitrogens with one attached hydrogen (secondary N) is 1. The lowest BCUT2D eigenvalue weighted by molar-refractivity contribution is 0.338. The maximum Gasteiger partial charge on any atom is 0.0429 e. The number of hydrogen-bond acceptors (Lipinski definition) is 3. The van der Waals surface area contributed by atoms with E-state index in [-0.39, 0.29) is 5.54 Å². The molecule has 14 heavy (non-hydrogen) atoms. The van der Waals surface area contributed by atoms with Crippen LogP contribution in [0.1, 0.15) is 26.7 Å². The molecular formula is C11H20N2S. The normalized spacial score (nSPS) is 31.2. The minimum absolute atomic E-state index is 0.167. The standard InChI is InChI=1S/C11H20N2S/c1-3-4-5-7-13-11(9-12)6-8-14-10(11)2/h10,13H,5-9,12H2,1-2H3. The van der Waals surface area contributed by atoms with E-state index in [0.29, 0.717) is 5.25 Å². The molecule has 1 rings (SSSR count). The molecule has 0 radical (unpaired) electrons. The third-order valence-corrected chi connectivity index (χ3v) is 4.35. The highest BCUT2D eigenvalue weighted by molar-refractivity contribution is 8.00. The Kier molecular flexibility index (Phi) is 4.80. The Labute approximate surface area is 91.4 Å². The average Bonchev–Trinajstić information content (AvgIpc) is 2.56. The van der Waals surface area contributed by atoms with E-state index in [1.165, 1.54) is 12.2 Å². The van der Waals surface area contributed by atoms with Crippen molar-refractivity contribution in [1.29, 1.82) is 0 Å². The van der Waals surface area contributed by atoms with Crippen LogP contribution in [0.15, 0.2) is 0 Å². The number of thioether (sulfide) groups is 1. The molecule has 1 fully saturated rings. The van der Waals surface area contributed by atoms with Gasteiger partial charge in [0.1, 0.15) is 0 Å².